The summed E-state index contributed by atoms with van der Waals surface area (Å²) in [7, 11) is 0. The second-order valence-corrected chi connectivity index (χ2v) is 10.7. The van der Waals surface area contributed by atoms with Crippen molar-refractivity contribution < 1.29 is 4.74 Å². The van der Waals surface area contributed by atoms with E-state index in [1.807, 2.05) is 0 Å². The van der Waals surface area contributed by atoms with Gasteiger partial charge < -0.3 is 9.64 Å². The zero-order chi connectivity index (χ0) is 18.2. The number of nitrogens with zero attached hydrogens (tertiary/aromatic N) is 3. The van der Waals surface area contributed by atoms with Crippen molar-refractivity contribution in [1.29, 1.82) is 0 Å². The molecule has 0 bridgehead atoms. The van der Waals surface area contributed by atoms with Crippen LogP contribution in [-0.2, 0) is 4.74 Å². The van der Waals surface area contributed by atoms with E-state index in [0.717, 1.165) is 24.5 Å². The molecule has 0 radical (unpaired) electrons. The van der Waals surface area contributed by atoms with Gasteiger partial charge in [-0.25, -0.2) is 0 Å². The van der Waals surface area contributed by atoms with Crippen LogP contribution in [-0.4, -0.2) is 78.4 Å². The SMILES string of the molecule is CC(C)(C)OCN1CC2CC(CN3CCN(C(C)(C)C)CC3)CC2C1. The quantitative estimate of drug-likeness (QED) is 0.774. The highest BCUT2D eigenvalue weighted by Crippen LogP contribution is 2.42. The Morgan fingerprint density at radius 2 is 1.36 bits per heavy atom. The number of rotatable bonds is 4. The van der Waals surface area contributed by atoms with Crippen molar-refractivity contribution in [3.63, 3.8) is 0 Å². The minimum atomic E-state index is -0.0184. The Bertz CT molecular complexity index is 417. The fraction of sp³-hybridized carbons (Fsp3) is 1.00. The van der Waals surface area contributed by atoms with Gasteiger partial charge >= 0.3 is 0 Å². The third kappa shape index (κ3) is 5.41. The zero-order valence-corrected chi connectivity index (χ0v) is 17.6. The van der Waals surface area contributed by atoms with E-state index in [4.69, 9.17) is 4.74 Å². The lowest BCUT2D eigenvalue weighted by atomic mass is 10.0. The molecule has 25 heavy (non-hydrogen) atoms. The van der Waals surface area contributed by atoms with Crippen molar-refractivity contribution in [1.82, 2.24) is 14.7 Å². The number of likely N-dealkylation sites (tertiary alicyclic amines) is 1. The lowest BCUT2D eigenvalue weighted by molar-refractivity contribution is -0.0591. The molecule has 0 aromatic heterocycles. The summed E-state index contributed by atoms with van der Waals surface area (Å²) in [5.41, 5.74) is 0.310. The van der Waals surface area contributed by atoms with Crippen LogP contribution in [0, 0.1) is 17.8 Å². The summed E-state index contributed by atoms with van der Waals surface area (Å²) in [6.07, 6.45) is 2.88. The van der Waals surface area contributed by atoms with E-state index < -0.39 is 0 Å². The fourth-order valence-corrected chi connectivity index (χ4v) is 5.03. The van der Waals surface area contributed by atoms with Gasteiger partial charge in [-0.3, -0.25) is 9.80 Å². The highest BCUT2D eigenvalue weighted by atomic mass is 16.5. The average Bonchev–Trinajstić information content (AvgIpc) is 3.02. The summed E-state index contributed by atoms with van der Waals surface area (Å²) in [6.45, 7) is 23.1. The van der Waals surface area contributed by atoms with Crippen molar-refractivity contribution >= 4 is 0 Å². The molecule has 2 saturated heterocycles. The van der Waals surface area contributed by atoms with E-state index in [1.54, 1.807) is 0 Å². The van der Waals surface area contributed by atoms with E-state index in [2.05, 4.69) is 56.2 Å². The predicted molar refractivity (Wildman–Crippen MR) is 105 cm³/mol. The van der Waals surface area contributed by atoms with Gasteiger partial charge in [-0.05, 0) is 72.1 Å². The van der Waals surface area contributed by atoms with E-state index in [-0.39, 0.29) is 5.60 Å². The zero-order valence-electron chi connectivity index (χ0n) is 17.6. The lowest BCUT2D eigenvalue weighted by Crippen LogP contribution is -2.54. The van der Waals surface area contributed by atoms with Gasteiger partial charge in [0.1, 0.15) is 0 Å². The minimum Gasteiger partial charge on any atom is -0.360 e. The summed E-state index contributed by atoms with van der Waals surface area (Å²) in [5.74, 6) is 2.77. The van der Waals surface area contributed by atoms with Gasteiger partial charge in [-0.15, -0.1) is 0 Å². The van der Waals surface area contributed by atoms with Crippen molar-refractivity contribution in [2.24, 2.45) is 17.8 Å². The average molecular weight is 352 g/mol. The molecule has 0 aromatic rings. The Hall–Kier alpha value is -0.160. The Morgan fingerprint density at radius 1 is 0.800 bits per heavy atom. The maximum absolute atomic E-state index is 5.98. The molecule has 2 aliphatic heterocycles. The first-order valence-electron chi connectivity index (χ1n) is 10.4. The highest BCUT2D eigenvalue weighted by molar-refractivity contribution is 4.93. The van der Waals surface area contributed by atoms with Gasteiger partial charge in [0.05, 0.1) is 12.3 Å². The monoisotopic (exact) mass is 351 g/mol. The summed E-state index contributed by atoms with van der Waals surface area (Å²) in [4.78, 5) is 7.91. The van der Waals surface area contributed by atoms with Gasteiger partial charge in [0.2, 0.25) is 0 Å². The van der Waals surface area contributed by atoms with Gasteiger partial charge in [-0.2, -0.15) is 0 Å². The molecule has 1 aliphatic carbocycles. The van der Waals surface area contributed by atoms with Crippen LogP contribution in [0.15, 0.2) is 0 Å². The Labute approximate surface area is 155 Å². The molecule has 2 atom stereocenters. The summed E-state index contributed by atoms with van der Waals surface area (Å²) in [5, 5.41) is 0. The molecule has 0 spiro atoms. The van der Waals surface area contributed by atoms with Gasteiger partial charge in [0.15, 0.2) is 0 Å². The van der Waals surface area contributed by atoms with Crippen LogP contribution in [0.3, 0.4) is 0 Å². The lowest BCUT2D eigenvalue weighted by Gasteiger charge is -2.43. The summed E-state index contributed by atoms with van der Waals surface area (Å²) < 4.78 is 5.98. The van der Waals surface area contributed by atoms with Crippen LogP contribution < -0.4 is 0 Å². The van der Waals surface area contributed by atoms with Crippen molar-refractivity contribution in [3.05, 3.63) is 0 Å². The van der Waals surface area contributed by atoms with Crippen molar-refractivity contribution in [3.8, 4) is 0 Å². The Kier molecular flexibility index (Phi) is 5.85. The van der Waals surface area contributed by atoms with Gasteiger partial charge in [0.25, 0.3) is 0 Å². The standard InChI is InChI=1S/C21H41N3O/c1-20(2,3)24-9-7-22(8-10-24)13-17-11-18-14-23(15-19(18)12-17)16-25-21(4,5)6/h17-19H,7-16H2,1-6H3. The fourth-order valence-electron chi connectivity index (χ4n) is 5.03. The second-order valence-electron chi connectivity index (χ2n) is 10.7. The van der Waals surface area contributed by atoms with E-state index in [0.29, 0.717) is 5.54 Å². The molecule has 3 fully saturated rings. The smallest absolute Gasteiger partial charge is 0.0997 e. The minimum absolute atomic E-state index is 0.0184. The first-order valence-corrected chi connectivity index (χ1v) is 10.4. The summed E-state index contributed by atoms with van der Waals surface area (Å²) in [6, 6.07) is 0. The van der Waals surface area contributed by atoms with Gasteiger partial charge in [0, 0.05) is 51.4 Å². The predicted octanol–water partition coefficient (Wildman–Crippen LogP) is 3.13. The molecule has 0 amide bonds. The van der Waals surface area contributed by atoms with Crippen LogP contribution in [0.4, 0.5) is 0 Å². The molecule has 2 heterocycles. The number of hydrogen-bond donors (Lipinski definition) is 0. The van der Waals surface area contributed by atoms with E-state index in [1.165, 1.54) is 58.7 Å². The van der Waals surface area contributed by atoms with E-state index in [9.17, 15) is 0 Å². The largest absolute Gasteiger partial charge is 0.360 e. The molecule has 1 saturated carbocycles. The molecular weight excluding hydrogens is 310 g/mol. The molecule has 0 aromatic carbocycles. The molecule has 4 heteroatoms. The number of hydrogen-bond acceptors (Lipinski definition) is 4. The Morgan fingerprint density at radius 3 is 1.84 bits per heavy atom. The topological polar surface area (TPSA) is 19.0 Å². The summed E-state index contributed by atoms with van der Waals surface area (Å²) >= 11 is 0. The number of fused-ring (bicyclic) bond motifs is 1. The highest BCUT2D eigenvalue weighted by Gasteiger charge is 2.41. The third-order valence-corrected chi connectivity index (χ3v) is 6.44. The first kappa shape index (κ1) is 19.6. The number of ether oxygens (including phenoxy) is 1. The molecule has 146 valence electrons. The normalized spacial score (nSPS) is 33.1. The van der Waals surface area contributed by atoms with Crippen LogP contribution in [0.1, 0.15) is 54.4 Å². The molecule has 2 unspecified atom stereocenters. The van der Waals surface area contributed by atoms with E-state index >= 15 is 0 Å². The van der Waals surface area contributed by atoms with Crippen LogP contribution in [0.25, 0.3) is 0 Å². The van der Waals surface area contributed by atoms with Crippen LogP contribution in [0.2, 0.25) is 0 Å². The number of piperazine rings is 1. The molecule has 0 N–H and O–H groups in total. The Balaban J connectivity index is 1.37. The maximum atomic E-state index is 5.98. The first-order chi connectivity index (χ1) is 11.6. The van der Waals surface area contributed by atoms with Crippen molar-refractivity contribution in [2.75, 3.05) is 52.5 Å². The molecule has 3 aliphatic rings. The van der Waals surface area contributed by atoms with Crippen LogP contribution >= 0.6 is 0 Å². The molecular formula is C21H41N3O. The third-order valence-electron chi connectivity index (χ3n) is 6.44. The second kappa shape index (κ2) is 7.46. The molecule has 4 nitrogen and oxygen atoms in total. The van der Waals surface area contributed by atoms with Crippen LogP contribution in [0.5, 0.6) is 0 Å². The van der Waals surface area contributed by atoms with Crippen molar-refractivity contribution in [2.45, 2.75) is 65.5 Å². The maximum Gasteiger partial charge on any atom is 0.0997 e. The molecule has 3 rings (SSSR count). The van der Waals surface area contributed by atoms with Gasteiger partial charge in [-0.1, -0.05) is 0 Å².